The Morgan fingerprint density at radius 2 is 1.24 bits per heavy atom. The van der Waals surface area contributed by atoms with Crippen molar-refractivity contribution < 1.29 is 10.2 Å². The van der Waals surface area contributed by atoms with Crippen LogP contribution in [0, 0.1) is 0 Å². The third-order valence-electron chi connectivity index (χ3n) is 3.39. The van der Waals surface area contributed by atoms with Crippen LogP contribution in [0.5, 0.6) is 0 Å². The second-order valence-electron chi connectivity index (χ2n) is 5.14. The molecule has 0 aliphatic carbocycles. The Morgan fingerprint density at radius 3 is 1.65 bits per heavy atom. The average Bonchev–Trinajstić information content (AvgIpc) is 2.31. The summed E-state index contributed by atoms with van der Waals surface area (Å²) in [7, 11) is 4.06. The first-order valence-electron chi connectivity index (χ1n) is 7.10. The first kappa shape index (κ1) is 16.9. The average molecular weight is 245 g/mol. The fourth-order valence-corrected chi connectivity index (χ4v) is 2.07. The highest BCUT2D eigenvalue weighted by atomic mass is 16.3. The Bertz CT molecular complexity index is 151. The van der Waals surface area contributed by atoms with Gasteiger partial charge in [0.2, 0.25) is 0 Å². The third kappa shape index (κ3) is 10.7. The molecule has 0 aliphatic rings. The van der Waals surface area contributed by atoms with Crippen molar-refractivity contribution in [1.29, 1.82) is 0 Å². The molecule has 0 amide bonds. The van der Waals surface area contributed by atoms with Gasteiger partial charge in [0.25, 0.3) is 0 Å². The molecule has 0 radical (unpaired) electrons. The second-order valence-corrected chi connectivity index (χ2v) is 5.14. The summed E-state index contributed by atoms with van der Waals surface area (Å²) in [5.74, 6) is 0. The van der Waals surface area contributed by atoms with Gasteiger partial charge in [-0.1, -0.05) is 44.9 Å². The van der Waals surface area contributed by atoms with Gasteiger partial charge in [0.1, 0.15) is 0 Å². The van der Waals surface area contributed by atoms with Crippen molar-refractivity contribution in [2.24, 2.45) is 0 Å². The van der Waals surface area contributed by atoms with E-state index in [-0.39, 0.29) is 6.61 Å². The summed E-state index contributed by atoms with van der Waals surface area (Å²) in [6.07, 6.45) is 10.9. The molecule has 0 aliphatic heterocycles. The Balaban J connectivity index is 3.17. The summed E-state index contributed by atoms with van der Waals surface area (Å²) in [4.78, 5) is 2.11. The Labute approximate surface area is 107 Å². The van der Waals surface area contributed by atoms with E-state index in [4.69, 9.17) is 10.2 Å². The molecule has 0 saturated carbocycles. The first-order valence-corrected chi connectivity index (χ1v) is 7.10. The maximum Gasteiger partial charge on any atom is 0.0586 e. The molecule has 0 aromatic carbocycles. The van der Waals surface area contributed by atoms with Gasteiger partial charge in [-0.05, 0) is 26.9 Å². The van der Waals surface area contributed by atoms with Crippen LogP contribution in [0.25, 0.3) is 0 Å². The summed E-state index contributed by atoms with van der Waals surface area (Å²) < 4.78 is 0. The minimum atomic E-state index is 0.272. The second kappa shape index (κ2) is 12.3. The molecule has 1 atom stereocenters. The summed E-state index contributed by atoms with van der Waals surface area (Å²) in [5, 5.41) is 17.8. The van der Waals surface area contributed by atoms with Gasteiger partial charge >= 0.3 is 0 Å². The van der Waals surface area contributed by atoms with Crippen LogP contribution in [0.2, 0.25) is 0 Å². The topological polar surface area (TPSA) is 43.7 Å². The van der Waals surface area contributed by atoms with E-state index in [2.05, 4.69) is 4.90 Å². The molecule has 1 unspecified atom stereocenters. The summed E-state index contributed by atoms with van der Waals surface area (Å²) >= 11 is 0. The molecule has 104 valence electrons. The zero-order valence-corrected chi connectivity index (χ0v) is 11.7. The van der Waals surface area contributed by atoms with Crippen molar-refractivity contribution in [2.75, 3.05) is 27.3 Å². The quantitative estimate of drug-likeness (QED) is 0.519. The highest BCUT2D eigenvalue weighted by molar-refractivity contribution is 4.64. The molecule has 3 nitrogen and oxygen atoms in total. The van der Waals surface area contributed by atoms with E-state index in [0.717, 1.165) is 12.8 Å². The van der Waals surface area contributed by atoms with Gasteiger partial charge in [-0.15, -0.1) is 0 Å². The van der Waals surface area contributed by atoms with Crippen LogP contribution in [-0.4, -0.2) is 48.5 Å². The van der Waals surface area contributed by atoms with Crippen molar-refractivity contribution in [1.82, 2.24) is 4.90 Å². The van der Waals surface area contributed by atoms with Crippen LogP contribution in [0.3, 0.4) is 0 Å². The van der Waals surface area contributed by atoms with Gasteiger partial charge < -0.3 is 15.1 Å². The summed E-state index contributed by atoms with van der Waals surface area (Å²) in [5.41, 5.74) is 0. The molecule has 0 heterocycles. The van der Waals surface area contributed by atoms with E-state index in [1.165, 1.54) is 44.9 Å². The van der Waals surface area contributed by atoms with Crippen molar-refractivity contribution in [2.45, 2.75) is 63.8 Å². The Kier molecular flexibility index (Phi) is 12.3. The maximum absolute atomic E-state index is 9.16. The van der Waals surface area contributed by atoms with Crippen LogP contribution in [0.1, 0.15) is 57.8 Å². The molecular weight excluding hydrogens is 214 g/mol. The normalized spacial score (nSPS) is 13.2. The van der Waals surface area contributed by atoms with Crippen LogP contribution in [0.15, 0.2) is 0 Å². The highest BCUT2D eigenvalue weighted by Gasteiger charge is 2.08. The number of aliphatic hydroxyl groups excluding tert-OH is 2. The fraction of sp³-hybridized carbons (Fsp3) is 1.00. The molecule has 17 heavy (non-hydrogen) atoms. The minimum absolute atomic E-state index is 0.272. The van der Waals surface area contributed by atoms with E-state index in [1.807, 2.05) is 14.1 Å². The van der Waals surface area contributed by atoms with Gasteiger partial charge in [0, 0.05) is 12.6 Å². The number of hydrogen-bond acceptors (Lipinski definition) is 3. The summed E-state index contributed by atoms with van der Waals surface area (Å²) in [6.45, 7) is 0.612. The number of rotatable bonds is 12. The number of aliphatic hydroxyl groups is 2. The number of hydrogen-bond donors (Lipinski definition) is 2. The molecule has 0 aromatic heterocycles. The molecule has 0 rings (SSSR count). The summed E-state index contributed by atoms with van der Waals surface area (Å²) in [6, 6.07) is 0.333. The molecule has 0 fully saturated rings. The third-order valence-corrected chi connectivity index (χ3v) is 3.39. The SMILES string of the molecule is CN(C)C(CO)CCCCCCCCCCO. The molecule has 3 heteroatoms. The van der Waals surface area contributed by atoms with Gasteiger partial charge in [-0.3, -0.25) is 0 Å². The van der Waals surface area contributed by atoms with Crippen LogP contribution >= 0.6 is 0 Å². The molecule has 0 saturated heterocycles. The van der Waals surface area contributed by atoms with Crippen LogP contribution < -0.4 is 0 Å². The van der Waals surface area contributed by atoms with E-state index >= 15 is 0 Å². The highest BCUT2D eigenvalue weighted by Crippen LogP contribution is 2.11. The van der Waals surface area contributed by atoms with Gasteiger partial charge in [0.15, 0.2) is 0 Å². The monoisotopic (exact) mass is 245 g/mol. The van der Waals surface area contributed by atoms with E-state index in [1.54, 1.807) is 0 Å². The number of likely N-dealkylation sites (N-methyl/N-ethyl adjacent to an activating group) is 1. The lowest BCUT2D eigenvalue weighted by Crippen LogP contribution is -2.31. The number of nitrogens with zero attached hydrogens (tertiary/aromatic N) is 1. The van der Waals surface area contributed by atoms with E-state index in [9.17, 15) is 0 Å². The van der Waals surface area contributed by atoms with Crippen molar-refractivity contribution in [3.8, 4) is 0 Å². The molecule has 0 spiro atoms. The predicted octanol–water partition coefficient (Wildman–Crippen LogP) is 2.41. The molecule has 0 aromatic rings. The molecule has 0 bridgehead atoms. The Morgan fingerprint density at radius 1 is 0.765 bits per heavy atom. The van der Waals surface area contributed by atoms with E-state index < -0.39 is 0 Å². The van der Waals surface area contributed by atoms with Crippen molar-refractivity contribution >= 4 is 0 Å². The van der Waals surface area contributed by atoms with Gasteiger partial charge in [-0.2, -0.15) is 0 Å². The first-order chi connectivity index (χ1) is 8.22. The predicted molar refractivity (Wildman–Crippen MR) is 73.2 cm³/mol. The molecular formula is C14H31NO2. The Hall–Kier alpha value is -0.120. The van der Waals surface area contributed by atoms with E-state index in [0.29, 0.717) is 12.6 Å². The fourth-order valence-electron chi connectivity index (χ4n) is 2.07. The number of unbranched alkanes of at least 4 members (excludes halogenated alkanes) is 7. The van der Waals surface area contributed by atoms with Gasteiger partial charge in [-0.25, -0.2) is 0 Å². The van der Waals surface area contributed by atoms with Gasteiger partial charge in [0.05, 0.1) is 6.61 Å². The lowest BCUT2D eigenvalue weighted by atomic mass is 10.0. The van der Waals surface area contributed by atoms with Crippen LogP contribution in [-0.2, 0) is 0 Å². The standard InChI is InChI=1S/C14H31NO2/c1-15(2)14(13-17)11-9-7-5-3-4-6-8-10-12-16/h14,16-17H,3-13H2,1-2H3. The smallest absolute Gasteiger partial charge is 0.0586 e. The minimum Gasteiger partial charge on any atom is -0.396 e. The van der Waals surface area contributed by atoms with Crippen molar-refractivity contribution in [3.05, 3.63) is 0 Å². The zero-order valence-electron chi connectivity index (χ0n) is 11.7. The maximum atomic E-state index is 9.16. The lowest BCUT2D eigenvalue weighted by molar-refractivity contribution is 0.159. The van der Waals surface area contributed by atoms with Crippen molar-refractivity contribution in [3.63, 3.8) is 0 Å². The largest absolute Gasteiger partial charge is 0.396 e. The van der Waals surface area contributed by atoms with Crippen LogP contribution in [0.4, 0.5) is 0 Å². The molecule has 2 N–H and O–H groups in total. The zero-order chi connectivity index (χ0) is 12.9. The lowest BCUT2D eigenvalue weighted by Gasteiger charge is -2.21.